The fraction of sp³-hybridized carbons (Fsp3) is 0.250. The van der Waals surface area contributed by atoms with Crippen LogP contribution in [0.1, 0.15) is 37.4 Å². The number of nitrogens with zero attached hydrogens (tertiary/aromatic N) is 2. The van der Waals surface area contributed by atoms with E-state index in [-0.39, 0.29) is 6.04 Å². The first-order valence-electron chi connectivity index (χ1n) is 8.69. The summed E-state index contributed by atoms with van der Waals surface area (Å²) >= 11 is 0. The molecule has 0 bridgehead atoms. The molecule has 1 aromatic heterocycles. The Morgan fingerprint density at radius 2 is 1.77 bits per heavy atom. The van der Waals surface area contributed by atoms with Crippen molar-refractivity contribution in [2.24, 2.45) is 0 Å². The molecule has 1 heterocycles. The van der Waals surface area contributed by atoms with E-state index < -0.39 is 10.0 Å². The molecule has 2 aromatic carbocycles. The van der Waals surface area contributed by atoms with Crippen LogP contribution in [0.15, 0.2) is 72.1 Å². The van der Waals surface area contributed by atoms with Crippen molar-refractivity contribution >= 4 is 10.0 Å². The van der Waals surface area contributed by atoms with Gasteiger partial charge in [0.05, 0.1) is 11.2 Å². The monoisotopic (exact) mass is 369 g/mol. The minimum Gasteiger partial charge on any atom is -0.306 e. The van der Waals surface area contributed by atoms with E-state index in [2.05, 4.69) is 16.6 Å². The average molecular weight is 369 g/mol. The van der Waals surface area contributed by atoms with Crippen molar-refractivity contribution in [1.29, 1.82) is 0 Å². The Hall–Kier alpha value is -2.44. The number of sulfonamides is 1. The van der Waals surface area contributed by atoms with Crippen molar-refractivity contribution in [3.8, 4) is 5.69 Å². The lowest BCUT2D eigenvalue weighted by Gasteiger charge is -2.15. The van der Waals surface area contributed by atoms with E-state index in [0.717, 1.165) is 29.7 Å². The van der Waals surface area contributed by atoms with Crippen molar-refractivity contribution in [3.63, 3.8) is 0 Å². The lowest BCUT2D eigenvalue weighted by Crippen LogP contribution is -2.26. The topological polar surface area (TPSA) is 64.0 Å². The lowest BCUT2D eigenvalue weighted by molar-refractivity contribution is 0.567. The summed E-state index contributed by atoms with van der Waals surface area (Å²) in [5, 5.41) is 0. The summed E-state index contributed by atoms with van der Waals surface area (Å²) in [5.41, 5.74) is 3.03. The van der Waals surface area contributed by atoms with E-state index in [4.69, 9.17) is 0 Å². The van der Waals surface area contributed by atoms with Crippen LogP contribution in [0.5, 0.6) is 0 Å². The predicted molar refractivity (Wildman–Crippen MR) is 103 cm³/mol. The summed E-state index contributed by atoms with van der Waals surface area (Å²) in [6, 6.07) is 14.5. The number of aryl methyl sites for hydroxylation is 1. The minimum atomic E-state index is -3.56. The third kappa shape index (κ3) is 4.20. The van der Waals surface area contributed by atoms with Gasteiger partial charge in [-0.05, 0) is 48.7 Å². The second-order valence-corrected chi connectivity index (χ2v) is 8.01. The van der Waals surface area contributed by atoms with E-state index in [9.17, 15) is 8.42 Å². The van der Waals surface area contributed by atoms with Gasteiger partial charge >= 0.3 is 0 Å². The molecule has 5 nitrogen and oxygen atoms in total. The maximum Gasteiger partial charge on any atom is 0.241 e. The van der Waals surface area contributed by atoms with Crippen LogP contribution in [0.3, 0.4) is 0 Å². The highest BCUT2D eigenvalue weighted by Crippen LogP contribution is 2.19. The molecule has 26 heavy (non-hydrogen) atoms. The Kier molecular flexibility index (Phi) is 5.54. The van der Waals surface area contributed by atoms with Crippen LogP contribution in [0.2, 0.25) is 0 Å². The largest absolute Gasteiger partial charge is 0.306 e. The van der Waals surface area contributed by atoms with Gasteiger partial charge in [0.2, 0.25) is 10.0 Å². The molecule has 0 aliphatic rings. The predicted octanol–water partition coefficient (Wildman–Crippen LogP) is 3.86. The number of aromatic nitrogens is 2. The minimum absolute atomic E-state index is 0.291. The van der Waals surface area contributed by atoms with E-state index in [1.807, 2.05) is 54.1 Å². The summed E-state index contributed by atoms with van der Waals surface area (Å²) in [6.07, 6.45) is 7.30. The average Bonchev–Trinajstić information content (AvgIpc) is 3.17. The highest BCUT2D eigenvalue weighted by atomic mass is 32.2. The maximum atomic E-state index is 12.6. The summed E-state index contributed by atoms with van der Waals surface area (Å²) in [4.78, 5) is 4.32. The van der Waals surface area contributed by atoms with Crippen molar-refractivity contribution in [1.82, 2.24) is 14.3 Å². The standard InChI is InChI=1S/C20H23N3O2S/c1-3-4-17-5-11-20(12-6-17)26(24,25)22-16(2)18-7-9-19(10-8-18)23-14-13-21-15-23/h5-16,22H,3-4H2,1-2H3/t16-/m0/s1. The van der Waals surface area contributed by atoms with Crippen LogP contribution in [0, 0.1) is 0 Å². The zero-order valence-corrected chi connectivity index (χ0v) is 15.8. The second kappa shape index (κ2) is 7.85. The number of benzene rings is 2. The first-order chi connectivity index (χ1) is 12.5. The van der Waals surface area contributed by atoms with Crippen LogP contribution >= 0.6 is 0 Å². The molecule has 0 saturated carbocycles. The van der Waals surface area contributed by atoms with Crippen molar-refractivity contribution < 1.29 is 8.42 Å². The number of hydrogen-bond acceptors (Lipinski definition) is 3. The molecule has 0 fully saturated rings. The van der Waals surface area contributed by atoms with E-state index in [1.165, 1.54) is 0 Å². The van der Waals surface area contributed by atoms with Crippen LogP contribution in [-0.2, 0) is 16.4 Å². The van der Waals surface area contributed by atoms with E-state index in [0.29, 0.717) is 4.90 Å². The molecule has 0 aliphatic carbocycles. The first-order valence-corrected chi connectivity index (χ1v) is 10.2. The normalized spacial score (nSPS) is 12.8. The van der Waals surface area contributed by atoms with Crippen molar-refractivity contribution in [2.45, 2.75) is 37.6 Å². The van der Waals surface area contributed by atoms with Crippen molar-refractivity contribution in [2.75, 3.05) is 0 Å². The second-order valence-electron chi connectivity index (χ2n) is 6.30. The molecule has 0 radical (unpaired) electrons. The molecular formula is C20H23N3O2S. The van der Waals surface area contributed by atoms with Crippen LogP contribution in [0.4, 0.5) is 0 Å². The molecule has 6 heteroatoms. The number of imidazole rings is 1. The van der Waals surface area contributed by atoms with Crippen LogP contribution in [0.25, 0.3) is 5.69 Å². The Morgan fingerprint density at radius 1 is 1.08 bits per heavy atom. The van der Waals surface area contributed by atoms with E-state index >= 15 is 0 Å². The van der Waals surface area contributed by atoms with Gasteiger partial charge in [-0.2, -0.15) is 0 Å². The Bertz CT molecular complexity index is 932. The molecule has 0 amide bonds. The molecule has 1 atom stereocenters. The Balaban J connectivity index is 1.72. The Morgan fingerprint density at radius 3 is 2.35 bits per heavy atom. The van der Waals surface area contributed by atoms with Gasteiger partial charge in [0.1, 0.15) is 0 Å². The summed E-state index contributed by atoms with van der Waals surface area (Å²) in [7, 11) is -3.56. The van der Waals surface area contributed by atoms with Gasteiger partial charge in [-0.3, -0.25) is 0 Å². The molecule has 1 N–H and O–H groups in total. The smallest absolute Gasteiger partial charge is 0.241 e. The van der Waals surface area contributed by atoms with E-state index in [1.54, 1.807) is 24.7 Å². The van der Waals surface area contributed by atoms with Gasteiger partial charge in [-0.15, -0.1) is 0 Å². The number of nitrogens with one attached hydrogen (secondary N) is 1. The zero-order chi connectivity index (χ0) is 18.6. The molecule has 0 unspecified atom stereocenters. The highest BCUT2D eigenvalue weighted by molar-refractivity contribution is 7.89. The Labute approximate surface area is 154 Å². The van der Waals surface area contributed by atoms with Gasteiger partial charge in [0.25, 0.3) is 0 Å². The third-order valence-electron chi connectivity index (χ3n) is 4.30. The van der Waals surface area contributed by atoms with Gasteiger partial charge in [-0.25, -0.2) is 18.1 Å². The molecule has 136 valence electrons. The first kappa shape index (κ1) is 18.4. The van der Waals surface area contributed by atoms with Gasteiger partial charge in [0.15, 0.2) is 0 Å². The maximum absolute atomic E-state index is 12.6. The summed E-state index contributed by atoms with van der Waals surface area (Å²) in [6.45, 7) is 3.95. The molecule has 0 aliphatic heterocycles. The summed E-state index contributed by atoms with van der Waals surface area (Å²) in [5.74, 6) is 0. The van der Waals surface area contributed by atoms with Crippen LogP contribution in [-0.4, -0.2) is 18.0 Å². The highest BCUT2D eigenvalue weighted by Gasteiger charge is 2.18. The SMILES string of the molecule is CCCc1ccc(S(=O)(=O)N[C@@H](C)c2ccc(-n3ccnc3)cc2)cc1. The summed E-state index contributed by atoms with van der Waals surface area (Å²) < 4.78 is 29.9. The van der Waals surface area contributed by atoms with Gasteiger partial charge in [0, 0.05) is 24.1 Å². The fourth-order valence-corrected chi connectivity index (χ4v) is 4.07. The fourth-order valence-electron chi connectivity index (χ4n) is 2.84. The lowest BCUT2D eigenvalue weighted by atomic mass is 10.1. The molecule has 0 saturated heterocycles. The van der Waals surface area contributed by atoms with Crippen LogP contribution < -0.4 is 4.72 Å². The quantitative estimate of drug-likeness (QED) is 0.688. The number of rotatable bonds is 7. The molecule has 0 spiro atoms. The molecular weight excluding hydrogens is 346 g/mol. The molecule has 3 aromatic rings. The van der Waals surface area contributed by atoms with Gasteiger partial charge in [-0.1, -0.05) is 37.6 Å². The third-order valence-corrected chi connectivity index (χ3v) is 5.86. The zero-order valence-electron chi connectivity index (χ0n) is 15.0. The van der Waals surface area contributed by atoms with Crippen molar-refractivity contribution in [3.05, 3.63) is 78.4 Å². The number of hydrogen-bond donors (Lipinski definition) is 1. The van der Waals surface area contributed by atoms with Gasteiger partial charge < -0.3 is 4.57 Å². The molecule has 3 rings (SSSR count).